The van der Waals surface area contributed by atoms with Crippen LogP contribution in [0, 0.1) is 13.8 Å². The molecule has 21 heavy (non-hydrogen) atoms. The molecule has 0 bridgehead atoms. The van der Waals surface area contributed by atoms with E-state index in [1.165, 1.54) is 64.5 Å². The summed E-state index contributed by atoms with van der Waals surface area (Å²) in [6.07, 6.45) is 6.12. The molecule has 1 aliphatic carbocycles. The molecule has 2 nitrogen and oxygen atoms in total. The molecule has 1 aromatic heterocycles. The lowest BCUT2D eigenvalue weighted by Gasteiger charge is -2.15. The summed E-state index contributed by atoms with van der Waals surface area (Å²) in [7, 11) is 0. The van der Waals surface area contributed by atoms with Gasteiger partial charge in [0.1, 0.15) is 0 Å². The Morgan fingerprint density at radius 3 is 2.86 bits per heavy atom. The maximum absolute atomic E-state index is 4.99. The number of nitrogens with zero attached hydrogens (tertiary/aromatic N) is 1. The maximum Gasteiger partial charge on any atom is 0.0740 e. The van der Waals surface area contributed by atoms with Crippen molar-refractivity contribution in [3.05, 3.63) is 40.1 Å². The van der Waals surface area contributed by atoms with Crippen LogP contribution >= 0.6 is 0 Å². The van der Waals surface area contributed by atoms with Gasteiger partial charge in [0.2, 0.25) is 0 Å². The number of rotatable bonds is 5. The Bertz CT molecular complexity index is 658. The Hall–Kier alpha value is -1.41. The van der Waals surface area contributed by atoms with Crippen LogP contribution in [-0.2, 0) is 19.4 Å². The van der Waals surface area contributed by atoms with Gasteiger partial charge in [-0.3, -0.25) is 4.98 Å². The van der Waals surface area contributed by atoms with Crippen LogP contribution in [0.1, 0.15) is 54.1 Å². The molecule has 0 fully saturated rings. The predicted molar refractivity (Wildman–Crippen MR) is 89.9 cm³/mol. The Morgan fingerprint density at radius 1 is 1.19 bits per heavy atom. The number of hydrogen-bond acceptors (Lipinski definition) is 2. The quantitative estimate of drug-likeness (QED) is 0.830. The third kappa shape index (κ3) is 2.69. The fraction of sp³-hybridized carbons (Fsp3) is 0.526. The Morgan fingerprint density at radius 2 is 2.05 bits per heavy atom. The van der Waals surface area contributed by atoms with E-state index in [1.54, 1.807) is 0 Å². The van der Waals surface area contributed by atoms with Gasteiger partial charge in [-0.05, 0) is 68.3 Å². The van der Waals surface area contributed by atoms with E-state index in [9.17, 15) is 0 Å². The molecule has 1 N–H and O–H groups in total. The average Bonchev–Trinajstić information content (AvgIpc) is 2.95. The number of aryl methyl sites for hydroxylation is 3. The van der Waals surface area contributed by atoms with Crippen LogP contribution in [0.2, 0.25) is 0 Å². The van der Waals surface area contributed by atoms with Gasteiger partial charge in [-0.1, -0.05) is 25.5 Å². The van der Waals surface area contributed by atoms with Crippen molar-refractivity contribution in [1.82, 2.24) is 10.3 Å². The van der Waals surface area contributed by atoms with Crippen LogP contribution < -0.4 is 5.32 Å². The van der Waals surface area contributed by atoms with Crippen LogP contribution in [0.3, 0.4) is 0 Å². The van der Waals surface area contributed by atoms with Crippen LogP contribution in [0.4, 0.5) is 0 Å². The third-order valence-corrected chi connectivity index (χ3v) is 4.84. The smallest absolute Gasteiger partial charge is 0.0740 e. The first-order chi connectivity index (χ1) is 10.2. The van der Waals surface area contributed by atoms with Gasteiger partial charge >= 0.3 is 0 Å². The minimum atomic E-state index is 0.990. The second-order valence-electron chi connectivity index (χ2n) is 6.30. The first kappa shape index (κ1) is 14.5. The van der Waals surface area contributed by atoms with E-state index in [0.717, 1.165) is 19.5 Å². The lowest BCUT2D eigenvalue weighted by molar-refractivity contribution is 0.640. The molecule has 0 amide bonds. The molecule has 1 aliphatic rings. The van der Waals surface area contributed by atoms with Gasteiger partial charge < -0.3 is 5.32 Å². The highest BCUT2D eigenvalue weighted by molar-refractivity contribution is 5.87. The van der Waals surface area contributed by atoms with Crippen LogP contribution in [0.25, 0.3) is 10.9 Å². The SMILES string of the molecule is CCCCNCc1c2c(nc3c(C)c(C)ccc13)CCC2. The fourth-order valence-corrected chi connectivity index (χ4v) is 3.38. The van der Waals surface area contributed by atoms with Gasteiger partial charge in [-0.2, -0.15) is 0 Å². The number of benzene rings is 1. The average molecular weight is 282 g/mol. The molecular formula is C19H26N2. The second-order valence-corrected chi connectivity index (χ2v) is 6.30. The van der Waals surface area contributed by atoms with Gasteiger partial charge in [0, 0.05) is 17.6 Å². The first-order valence-corrected chi connectivity index (χ1v) is 8.33. The predicted octanol–water partition coefficient (Wildman–Crippen LogP) is 4.23. The highest BCUT2D eigenvalue weighted by atomic mass is 14.9. The standard InChI is InChI=1S/C19H26N2/c1-4-5-11-20-12-17-15-7-6-8-18(15)21-19-14(3)13(2)9-10-16(17)19/h9-10,20H,4-8,11-12H2,1-3H3. The van der Waals surface area contributed by atoms with Gasteiger partial charge in [0.25, 0.3) is 0 Å². The van der Waals surface area contributed by atoms with Crippen molar-refractivity contribution >= 4 is 10.9 Å². The number of nitrogens with one attached hydrogen (secondary N) is 1. The summed E-state index contributed by atoms with van der Waals surface area (Å²) in [5, 5.41) is 4.99. The van der Waals surface area contributed by atoms with E-state index in [-0.39, 0.29) is 0 Å². The minimum Gasteiger partial charge on any atom is -0.313 e. The molecule has 0 atom stereocenters. The van der Waals surface area contributed by atoms with Crippen molar-refractivity contribution in [2.45, 2.75) is 59.4 Å². The van der Waals surface area contributed by atoms with Crippen molar-refractivity contribution in [3.63, 3.8) is 0 Å². The molecular weight excluding hydrogens is 256 g/mol. The number of fused-ring (bicyclic) bond motifs is 2. The zero-order valence-electron chi connectivity index (χ0n) is 13.6. The first-order valence-electron chi connectivity index (χ1n) is 8.33. The number of unbranched alkanes of at least 4 members (excludes halogenated alkanes) is 1. The topological polar surface area (TPSA) is 24.9 Å². The molecule has 0 spiro atoms. The molecule has 112 valence electrons. The van der Waals surface area contributed by atoms with E-state index in [4.69, 9.17) is 4.98 Å². The molecule has 2 heteroatoms. The molecule has 0 aliphatic heterocycles. The summed E-state index contributed by atoms with van der Waals surface area (Å²) < 4.78 is 0. The molecule has 0 saturated carbocycles. The summed E-state index contributed by atoms with van der Waals surface area (Å²) in [6.45, 7) is 8.74. The monoisotopic (exact) mass is 282 g/mol. The van der Waals surface area contributed by atoms with Crippen molar-refractivity contribution in [2.75, 3.05) is 6.54 Å². The van der Waals surface area contributed by atoms with E-state index in [0.29, 0.717) is 0 Å². The van der Waals surface area contributed by atoms with Gasteiger partial charge in [-0.15, -0.1) is 0 Å². The molecule has 0 radical (unpaired) electrons. The van der Waals surface area contributed by atoms with E-state index in [2.05, 4.69) is 38.2 Å². The molecule has 1 aromatic carbocycles. The van der Waals surface area contributed by atoms with Crippen LogP contribution in [0.5, 0.6) is 0 Å². The lowest BCUT2D eigenvalue weighted by Crippen LogP contribution is -2.16. The molecule has 3 rings (SSSR count). The van der Waals surface area contributed by atoms with Crippen LogP contribution in [-0.4, -0.2) is 11.5 Å². The van der Waals surface area contributed by atoms with Crippen LogP contribution in [0.15, 0.2) is 12.1 Å². The molecule has 1 heterocycles. The summed E-state index contributed by atoms with van der Waals surface area (Å²) in [6, 6.07) is 4.52. The molecule has 0 saturated heterocycles. The zero-order chi connectivity index (χ0) is 14.8. The van der Waals surface area contributed by atoms with Crippen molar-refractivity contribution in [1.29, 1.82) is 0 Å². The second kappa shape index (κ2) is 6.15. The zero-order valence-corrected chi connectivity index (χ0v) is 13.6. The Balaban J connectivity index is 2.05. The number of pyridine rings is 1. The fourth-order valence-electron chi connectivity index (χ4n) is 3.38. The normalized spacial score (nSPS) is 13.9. The highest BCUT2D eigenvalue weighted by Crippen LogP contribution is 2.32. The van der Waals surface area contributed by atoms with E-state index < -0.39 is 0 Å². The van der Waals surface area contributed by atoms with Gasteiger partial charge in [0.15, 0.2) is 0 Å². The summed E-state index contributed by atoms with van der Waals surface area (Å²) in [5.41, 5.74) is 8.29. The number of aromatic nitrogens is 1. The summed E-state index contributed by atoms with van der Waals surface area (Å²) in [5.74, 6) is 0. The largest absolute Gasteiger partial charge is 0.313 e. The maximum atomic E-state index is 4.99. The number of hydrogen-bond donors (Lipinski definition) is 1. The lowest BCUT2D eigenvalue weighted by atomic mass is 9.97. The van der Waals surface area contributed by atoms with Gasteiger partial charge in [0.05, 0.1) is 5.52 Å². The molecule has 2 aromatic rings. The van der Waals surface area contributed by atoms with E-state index in [1.807, 2.05) is 0 Å². The van der Waals surface area contributed by atoms with E-state index >= 15 is 0 Å². The van der Waals surface area contributed by atoms with Gasteiger partial charge in [-0.25, -0.2) is 0 Å². The molecule has 0 unspecified atom stereocenters. The van der Waals surface area contributed by atoms with Crippen molar-refractivity contribution in [2.24, 2.45) is 0 Å². The highest BCUT2D eigenvalue weighted by Gasteiger charge is 2.20. The summed E-state index contributed by atoms with van der Waals surface area (Å²) >= 11 is 0. The Labute approximate surface area is 128 Å². The summed E-state index contributed by atoms with van der Waals surface area (Å²) in [4.78, 5) is 4.99. The minimum absolute atomic E-state index is 0.990. The van der Waals surface area contributed by atoms with Crippen molar-refractivity contribution in [3.8, 4) is 0 Å². The van der Waals surface area contributed by atoms with Crippen molar-refractivity contribution < 1.29 is 0 Å². The Kier molecular flexibility index (Phi) is 4.25. The third-order valence-electron chi connectivity index (χ3n) is 4.84.